The second kappa shape index (κ2) is 10.4. The zero-order chi connectivity index (χ0) is 28.8. The van der Waals surface area contributed by atoms with Gasteiger partial charge in [-0.05, 0) is 69.2 Å². The molecule has 6 rings (SSSR count). The van der Waals surface area contributed by atoms with Crippen molar-refractivity contribution < 1.29 is 19.1 Å². The highest BCUT2D eigenvalue weighted by Crippen LogP contribution is 2.52. The fourth-order valence-electron chi connectivity index (χ4n) is 6.62. The summed E-state index contributed by atoms with van der Waals surface area (Å²) in [7, 11) is 1.37. The molecule has 3 aromatic rings. The first-order valence-corrected chi connectivity index (χ1v) is 14.3. The number of rotatable bonds is 4. The lowest BCUT2D eigenvalue weighted by atomic mass is 9.72. The summed E-state index contributed by atoms with van der Waals surface area (Å²) in [6.45, 7) is 7.74. The first-order chi connectivity index (χ1) is 19.7. The van der Waals surface area contributed by atoms with Gasteiger partial charge in [0.05, 0.1) is 19.3 Å². The van der Waals surface area contributed by atoms with Gasteiger partial charge in [-0.15, -0.1) is 0 Å². The number of carbonyl (C=O) groups excluding carboxylic acids is 2. The first-order valence-electron chi connectivity index (χ1n) is 14.3. The summed E-state index contributed by atoms with van der Waals surface area (Å²) >= 11 is 0. The summed E-state index contributed by atoms with van der Waals surface area (Å²) in [6, 6.07) is 16.4. The standard InChI is InChI=1S/C32H37N5O4/c1-31(2,3)41-30(39)35-27-23-11-7-5-10-22(23)19-32(27)14-17-36(18-15-32)28-26(29(38)40-4)34-25(20-33-28)37-16-13-21-9-6-8-12-24(21)37/h5-12,20,27H,13-19H2,1-4H3,(H,35,39)/t27-/m1/s1. The molecular formula is C32H37N5O4. The smallest absolute Gasteiger partial charge is 0.408 e. The van der Waals surface area contributed by atoms with E-state index >= 15 is 0 Å². The number of carbonyl (C=O) groups is 2. The minimum absolute atomic E-state index is 0.153. The normalized spacial score (nSPS) is 19.1. The second-order valence-electron chi connectivity index (χ2n) is 12.2. The number of methoxy groups -OCH3 is 1. The van der Waals surface area contributed by atoms with E-state index in [-0.39, 0.29) is 17.2 Å². The van der Waals surface area contributed by atoms with Gasteiger partial charge in [0, 0.05) is 30.7 Å². The van der Waals surface area contributed by atoms with Crippen LogP contribution in [0.4, 0.5) is 22.1 Å². The third-order valence-corrected chi connectivity index (χ3v) is 8.52. The van der Waals surface area contributed by atoms with Crippen LogP contribution in [-0.2, 0) is 22.3 Å². The quantitative estimate of drug-likeness (QED) is 0.430. The summed E-state index contributed by atoms with van der Waals surface area (Å²) in [4.78, 5) is 39.6. The van der Waals surface area contributed by atoms with Crippen molar-refractivity contribution in [3.8, 4) is 0 Å². The number of hydrogen-bond donors (Lipinski definition) is 1. The Hall–Kier alpha value is -4.14. The summed E-state index contributed by atoms with van der Waals surface area (Å²) in [6.07, 6.45) is 4.77. The van der Waals surface area contributed by atoms with Crippen LogP contribution in [0.25, 0.3) is 0 Å². The van der Waals surface area contributed by atoms with E-state index in [9.17, 15) is 9.59 Å². The molecule has 1 fully saturated rings. The lowest BCUT2D eigenvalue weighted by Crippen LogP contribution is -2.48. The van der Waals surface area contributed by atoms with Gasteiger partial charge >= 0.3 is 12.1 Å². The molecule has 3 heterocycles. The van der Waals surface area contributed by atoms with E-state index in [2.05, 4.69) is 45.4 Å². The highest BCUT2D eigenvalue weighted by molar-refractivity contribution is 5.93. The molecule has 1 aromatic heterocycles. The number of alkyl carbamates (subject to hydrolysis) is 1. The van der Waals surface area contributed by atoms with Crippen molar-refractivity contribution in [2.75, 3.05) is 36.5 Å². The van der Waals surface area contributed by atoms with E-state index in [1.54, 1.807) is 6.20 Å². The van der Waals surface area contributed by atoms with E-state index in [1.807, 2.05) is 39.0 Å². The van der Waals surface area contributed by atoms with Gasteiger partial charge in [-0.1, -0.05) is 42.5 Å². The molecule has 1 atom stereocenters. The maximum Gasteiger partial charge on any atom is 0.408 e. The molecule has 1 spiro atoms. The number of fused-ring (bicyclic) bond motifs is 2. The third-order valence-electron chi connectivity index (χ3n) is 8.52. The predicted molar refractivity (Wildman–Crippen MR) is 157 cm³/mol. The molecule has 0 unspecified atom stereocenters. The highest BCUT2D eigenvalue weighted by Gasteiger charge is 2.49. The summed E-state index contributed by atoms with van der Waals surface area (Å²) in [5.74, 6) is 0.676. The average Bonchev–Trinajstić information content (AvgIpc) is 3.51. The number of anilines is 3. The van der Waals surface area contributed by atoms with Crippen LogP contribution >= 0.6 is 0 Å². The van der Waals surface area contributed by atoms with Crippen LogP contribution in [-0.4, -0.2) is 54.4 Å². The third kappa shape index (κ3) is 5.09. The zero-order valence-electron chi connectivity index (χ0n) is 24.1. The Morgan fingerprint density at radius 2 is 1.71 bits per heavy atom. The fourth-order valence-corrected chi connectivity index (χ4v) is 6.62. The van der Waals surface area contributed by atoms with Crippen LogP contribution in [0.5, 0.6) is 0 Å². The Balaban J connectivity index is 1.25. The Bertz CT molecular complexity index is 1470. The Morgan fingerprint density at radius 1 is 1.00 bits per heavy atom. The number of nitrogens with one attached hydrogen (secondary N) is 1. The van der Waals surface area contributed by atoms with Crippen LogP contribution < -0.4 is 15.1 Å². The number of ether oxygens (including phenoxy) is 2. The number of nitrogens with zero attached hydrogens (tertiary/aromatic N) is 4. The molecule has 9 heteroatoms. The number of aromatic nitrogens is 2. The first kappa shape index (κ1) is 27.1. The van der Waals surface area contributed by atoms with Crippen molar-refractivity contribution in [2.24, 2.45) is 5.41 Å². The van der Waals surface area contributed by atoms with Crippen molar-refractivity contribution in [3.05, 3.63) is 77.1 Å². The highest BCUT2D eigenvalue weighted by atomic mass is 16.6. The van der Waals surface area contributed by atoms with E-state index in [0.29, 0.717) is 24.7 Å². The molecule has 1 N–H and O–H groups in total. The van der Waals surface area contributed by atoms with Crippen molar-refractivity contribution in [1.29, 1.82) is 0 Å². The molecule has 9 nitrogen and oxygen atoms in total. The number of amides is 1. The summed E-state index contributed by atoms with van der Waals surface area (Å²) in [5.41, 5.74) is 4.24. The number of benzene rings is 2. The van der Waals surface area contributed by atoms with Gasteiger partial charge in [0.25, 0.3) is 0 Å². The summed E-state index contributed by atoms with van der Waals surface area (Å²) in [5, 5.41) is 3.21. The minimum Gasteiger partial charge on any atom is -0.464 e. The SMILES string of the molecule is COC(=O)c1nc(N2CCc3ccccc32)cnc1N1CCC2(CC1)Cc1ccccc1[C@H]2NC(=O)OC(C)(C)C. The van der Waals surface area contributed by atoms with Gasteiger partial charge in [0.15, 0.2) is 17.3 Å². The Morgan fingerprint density at radius 3 is 2.44 bits per heavy atom. The molecule has 0 radical (unpaired) electrons. The molecule has 0 saturated carbocycles. The monoisotopic (exact) mass is 555 g/mol. The van der Waals surface area contributed by atoms with Crippen LogP contribution in [0.2, 0.25) is 0 Å². The molecule has 2 aromatic carbocycles. The van der Waals surface area contributed by atoms with Gasteiger partial charge < -0.3 is 24.6 Å². The molecule has 0 bridgehead atoms. The number of piperidine rings is 1. The fraction of sp³-hybridized carbons (Fsp3) is 0.438. The van der Waals surface area contributed by atoms with Crippen LogP contribution in [0.15, 0.2) is 54.7 Å². The Kier molecular flexibility index (Phi) is 6.83. The van der Waals surface area contributed by atoms with Crippen molar-refractivity contribution in [3.63, 3.8) is 0 Å². The lowest BCUT2D eigenvalue weighted by molar-refractivity contribution is 0.0426. The maximum atomic E-state index is 12.9. The van der Waals surface area contributed by atoms with E-state index in [4.69, 9.17) is 19.4 Å². The minimum atomic E-state index is -0.578. The molecule has 41 heavy (non-hydrogen) atoms. The molecule has 2 aliphatic heterocycles. The van der Waals surface area contributed by atoms with Gasteiger partial charge in [0.1, 0.15) is 5.60 Å². The number of esters is 1. The molecular weight excluding hydrogens is 518 g/mol. The van der Waals surface area contributed by atoms with Gasteiger partial charge in [-0.3, -0.25) is 0 Å². The van der Waals surface area contributed by atoms with Crippen LogP contribution in [0.1, 0.15) is 66.8 Å². The lowest BCUT2D eigenvalue weighted by Gasteiger charge is -2.44. The number of para-hydroxylation sites is 1. The van der Waals surface area contributed by atoms with Gasteiger partial charge in [0.2, 0.25) is 0 Å². The average molecular weight is 556 g/mol. The zero-order valence-corrected chi connectivity index (χ0v) is 24.1. The molecule has 3 aliphatic rings. The van der Waals surface area contributed by atoms with E-state index < -0.39 is 17.7 Å². The van der Waals surface area contributed by atoms with Crippen molar-refractivity contribution >= 4 is 29.4 Å². The van der Waals surface area contributed by atoms with Crippen molar-refractivity contribution in [1.82, 2.24) is 15.3 Å². The summed E-state index contributed by atoms with van der Waals surface area (Å²) < 4.78 is 10.8. The Labute approximate surface area is 240 Å². The predicted octanol–water partition coefficient (Wildman–Crippen LogP) is 5.37. The molecule has 1 amide bonds. The van der Waals surface area contributed by atoms with E-state index in [1.165, 1.54) is 18.2 Å². The topological polar surface area (TPSA) is 96.9 Å². The maximum absolute atomic E-state index is 12.9. The van der Waals surface area contributed by atoms with Crippen LogP contribution in [0, 0.1) is 5.41 Å². The van der Waals surface area contributed by atoms with Gasteiger partial charge in [-0.2, -0.15) is 0 Å². The molecule has 214 valence electrons. The second-order valence-corrected chi connectivity index (χ2v) is 12.2. The molecule has 1 saturated heterocycles. The van der Waals surface area contributed by atoms with Crippen LogP contribution in [0.3, 0.4) is 0 Å². The largest absolute Gasteiger partial charge is 0.464 e. The molecule has 1 aliphatic carbocycles. The van der Waals surface area contributed by atoms with Crippen molar-refractivity contribution in [2.45, 2.75) is 58.1 Å². The van der Waals surface area contributed by atoms with E-state index in [0.717, 1.165) is 43.5 Å². The van der Waals surface area contributed by atoms with Gasteiger partial charge in [-0.25, -0.2) is 19.6 Å². The number of hydrogen-bond acceptors (Lipinski definition) is 8.